The number of rotatable bonds is 4. The summed E-state index contributed by atoms with van der Waals surface area (Å²) in [6, 6.07) is 13.1. The van der Waals surface area contributed by atoms with Gasteiger partial charge in [0.25, 0.3) is 0 Å². The van der Waals surface area contributed by atoms with Gasteiger partial charge in [-0.25, -0.2) is 23.4 Å². The Balaban J connectivity index is 1.52. The fraction of sp³-hybridized carbons (Fsp3) is 0.130. The molecule has 9 heteroatoms. The van der Waals surface area contributed by atoms with Gasteiger partial charge in [-0.05, 0) is 25.1 Å². The van der Waals surface area contributed by atoms with Gasteiger partial charge in [0.05, 0.1) is 27.6 Å². The maximum Gasteiger partial charge on any atom is 0.157 e. The molecule has 3 aromatic heterocycles. The molecule has 0 radical (unpaired) electrons. The maximum absolute atomic E-state index is 14.3. The molecule has 0 aliphatic rings. The standard InChI is InChI=1S/C23H17ClF2N6/c1-13-16-5-3-4-6-19(16)32(29-13)21-11-15(27-12-28-21)10-20-22(24)23(30-31(20)2)17-8-7-14(25)9-18(17)26/h3-9,11-12H,10H2,1-2H3. The first-order valence-electron chi connectivity index (χ1n) is 9.85. The van der Waals surface area contributed by atoms with E-state index in [2.05, 4.69) is 20.2 Å². The molecular formula is C23H17ClF2N6. The van der Waals surface area contributed by atoms with Crippen molar-refractivity contribution in [1.82, 2.24) is 29.5 Å². The number of hydrogen-bond acceptors (Lipinski definition) is 4. The van der Waals surface area contributed by atoms with Gasteiger partial charge in [-0.3, -0.25) is 4.68 Å². The number of para-hydroxylation sites is 1. The highest BCUT2D eigenvalue weighted by Crippen LogP contribution is 2.33. The predicted octanol–water partition coefficient (Wildman–Crippen LogP) is 5.05. The van der Waals surface area contributed by atoms with Gasteiger partial charge in [0, 0.05) is 36.6 Å². The van der Waals surface area contributed by atoms with E-state index >= 15 is 0 Å². The molecule has 0 aliphatic heterocycles. The summed E-state index contributed by atoms with van der Waals surface area (Å²) in [5.74, 6) is -0.752. The number of fused-ring (bicyclic) bond motifs is 1. The summed E-state index contributed by atoms with van der Waals surface area (Å²) < 4.78 is 30.9. The maximum atomic E-state index is 14.3. The lowest BCUT2D eigenvalue weighted by atomic mass is 10.1. The van der Waals surface area contributed by atoms with Gasteiger partial charge >= 0.3 is 0 Å². The quantitative estimate of drug-likeness (QED) is 0.384. The largest absolute Gasteiger partial charge is 0.270 e. The van der Waals surface area contributed by atoms with Crippen LogP contribution in [0.25, 0.3) is 28.0 Å². The second-order valence-corrected chi connectivity index (χ2v) is 7.79. The normalized spacial score (nSPS) is 11.4. The minimum absolute atomic E-state index is 0.139. The number of halogens is 3. The summed E-state index contributed by atoms with van der Waals surface area (Å²) in [5.41, 5.74) is 3.59. The Labute approximate surface area is 187 Å². The third kappa shape index (κ3) is 3.42. The highest BCUT2D eigenvalue weighted by Gasteiger charge is 2.20. The van der Waals surface area contributed by atoms with Crippen molar-refractivity contribution >= 4 is 22.5 Å². The second-order valence-electron chi connectivity index (χ2n) is 7.42. The van der Waals surface area contributed by atoms with Crippen LogP contribution in [0.15, 0.2) is 54.9 Å². The van der Waals surface area contributed by atoms with Gasteiger partial charge in [0.2, 0.25) is 0 Å². The van der Waals surface area contributed by atoms with E-state index in [0.717, 1.165) is 22.7 Å². The Morgan fingerprint density at radius 3 is 2.62 bits per heavy atom. The summed E-state index contributed by atoms with van der Waals surface area (Å²) in [6.07, 6.45) is 1.82. The number of benzene rings is 2. The number of nitrogens with zero attached hydrogens (tertiary/aromatic N) is 6. The van der Waals surface area contributed by atoms with Crippen LogP contribution in [0.3, 0.4) is 0 Å². The van der Waals surface area contributed by atoms with Gasteiger partial charge in [-0.15, -0.1) is 0 Å². The first-order chi connectivity index (χ1) is 15.4. The highest BCUT2D eigenvalue weighted by atomic mass is 35.5. The minimum atomic E-state index is -0.721. The van der Waals surface area contributed by atoms with Crippen LogP contribution in [0.5, 0.6) is 0 Å². The fourth-order valence-electron chi connectivity index (χ4n) is 3.75. The van der Waals surface area contributed by atoms with Crippen LogP contribution in [-0.4, -0.2) is 29.5 Å². The van der Waals surface area contributed by atoms with Crippen LogP contribution in [0, 0.1) is 18.6 Å². The Kier molecular flexibility index (Phi) is 4.94. The average Bonchev–Trinajstić information content (AvgIpc) is 3.26. The van der Waals surface area contributed by atoms with Crippen LogP contribution in [0.2, 0.25) is 5.02 Å². The lowest BCUT2D eigenvalue weighted by Gasteiger charge is -2.06. The van der Waals surface area contributed by atoms with Crippen molar-refractivity contribution in [3.63, 3.8) is 0 Å². The lowest BCUT2D eigenvalue weighted by Crippen LogP contribution is -2.05. The van der Waals surface area contributed by atoms with Crippen molar-refractivity contribution < 1.29 is 8.78 Å². The van der Waals surface area contributed by atoms with Crippen molar-refractivity contribution in [2.24, 2.45) is 7.05 Å². The van der Waals surface area contributed by atoms with E-state index in [-0.39, 0.29) is 11.3 Å². The van der Waals surface area contributed by atoms with Crippen LogP contribution < -0.4 is 0 Å². The third-order valence-electron chi connectivity index (χ3n) is 5.34. The van der Waals surface area contributed by atoms with Crippen LogP contribution in [0.1, 0.15) is 17.1 Å². The Morgan fingerprint density at radius 1 is 1.00 bits per heavy atom. The van der Waals surface area contributed by atoms with Gasteiger partial charge in [-0.2, -0.15) is 10.2 Å². The molecule has 2 aromatic carbocycles. The van der Waals surface area contributed by atoms with E-state index in [9.17, 15) is 8.78 Å². The molecular weight excluding hydrogens is 434 g/mol. The molecule has 0 spiro atoms. The molecule has 160 valence electrons. The monoisotopic (exact) mass is 450 g/mol. The summed E-state index contributed by atoms with van der Waals surface area (Å²) >= 11 is 6.56. The van der Waals surface area contributed by atoms with E-state index in [1.165, 1.54) is 18.5 Å². The molecule has 6 nitrogen and oxygen atoms in total. The second kappa shape index (κ2) is 7.80. The molecule has 0 unspecified atom stereocenters. The zero-order valence-electron chi connectivity index (χ0n) is 17.2. The molecule has 0 bridgehead atoms. The predicted molar refractivity (Wildman–Crippen MR) is 118 cm³/mol. The molecule has 0 amide bonds. The number of aromatic nitrogens is 6. The summed E-state index contributed by atoms with van der Waals surface area (Å²) in [6.45, 7) is 1.95. The van der Waals surface area contributed by atoms with Crippen molar-refractivity contribution in [2.75, 3.05) is 0 Å². The SMILES string of the molecule is Cc1nn(-c2cc(Cc3c(Cl)c(-c4ccc(F)cc4F)nn3C)ncn2)c2ccccc12. The van der Waals surface area contributed by atoms with E-state index in [1.54, 1.807) is 16.4 Å². The molecule has 5 rings (SSSR count). The van der Waals surface area contributed by atoms with Crippen molar-refractivity contribution in [3.05, 3.63) is 88.6 Å². The summed E-state index contributed by atoms with van der Waals surface area (Å²) in [5, 5.41) is 10.3. The van der Waals surface area contributed by atoms with Crippen molar-refractivity contribution in [3.8, 4) is 17.1 Å². The fourth-order valence-corrected chi connectivity index (χ4v) is 4.07. The molecule has 5 aromatic rings. The van der Waals surface area contributed by atoms with Crippen molar-refractivity contribution in [2.45, 2.75) is 13.3 Å². The minimum Gasteiger partial charge on any atom is -0.270 e. The van der Waals surface area contributed by atoms with Crippen LogP contribution >= 0.6 is 11.6 Å². The summed E-state index contributed by atoms with van der Waals surface area (Å²) in [4.78, 5) is 8.75. The Morgan fingerprint density at radius 2 is 1.81 bits per heavy atom. The van der Waals surface area contributed by atoms with Gasteiger partial charge in [0.15, 0.2) is 5.82 Å². The highest BCUT2D eigenvalue weighted by molar-refractivity contribution is 6.33. The molecule has 3 heterocycles. The van der Waals surface area contributed by atoms with E-state index in [4.69, 9.17) is 11.6 Å². The lowest BCUT2D eigenvalue weighted by molar-refractivity contribution is 0.585. The van der Waals surface area contributed by atoms with Gasteiger partial charge < -0.3 is 0 Å². The molecule has 0 atom stereocenters. The molecule has 0 saturated heterocycles. The smallest absolute Gasteiger partial charge is 0.157 e. The molecule has 0 N–H and O–H groups in total. The Bertz CT molecular complexity index is 1470. The molecule has 32 heavy (non-hydrogen) atoms. The first kappa shape index (κ1) is 20.3. The van der Waals surface area contributed by atoms with E-state index in [0.29, 0.717) is 28.6 Å². The molecule has 0 saturated carbocycles. The molecule has 0 fully saturated rings. The zero-order valence-corrected chi connectivity index (χ0v) is 18.0. The topological polar surface area (TPSA) is 61.4 Å². The third-order valence-corrected chi connectivity index (χ3v) is 5.73. The zero-order chi connectivity index (χ0) is 22.4. The van der Waals surface area contributed by atoms with Crippen molar-refractivity contribution in [1.29, 1.82) is 0 Å². The number of hydrogen-bond donors (Lipinski definition) is 0. The van der Waals surface area contributed by atoms with Gasteiger partial charge in [-0.1, -0.05) is 29.8 Å². The Hall–Kier alpha value is -3.65. The van der Waals surface area contributed by atoms with E-state index < -0.39 is 11.6 Å². The van der Waals surface area contributed by atoms with Gasteiger partial charge in [0.1, 0.15) is 23.7 Å². The van der Waals surface area contributed by atoms with Crippen LogP contribution in [0.4, 0.5) is 8.78 Å². The average molecular weight is 451 g/mol. The van der Waals surface area contributed by atoms with Crippen LogP contribution in [-0.2, 0) is 13.5 Å². The summed E-state index contributed by atoms with van der Waals surface area (Å²) in [7, 11) is 1.72. The molecule has 0 aliphatic carbocycles. The number of aryl methyl sites for hydroxylation is 2. The van der Waals surface area contributed by atoms with E-state index in [1.807, 2.05) is 37.3 Å². The first-order valence-corrected chi connectivity index (χ1v) is 10.2.